The molecule has 0 aliphatic rings. The van der Waals surface area contributed by atoms with Crippen LogP contribution in [-0.4, -0.2) is 29.2 Å². The van der Waals surface area contributed by atoms with Crippen molar-refractivity contribution in [1.82, 2.24) is 15.5 Å². The predicted molar refractivity (Wildman–Crippen MR) is 105 cm³/mol. The van der Waals surface area contributed by atoms with Crippen LogP contribution in [0.4, 0.5) is 11.5 Å². The molecule has 0 radical (unpaired) electrons. The molecule has 0 saturated heterocycles. The van der Waals surface area contributed by atoms with Gasteiger partial charge in [0.2, 0.25) is 0 Å². The molecule has 142 valence electrons. The molecule has 0 spiro atoms. The largest absolute Gasteiger partial charge is 0.465 e. The molecular formula is C21H20N4O3. The number of esters is 1. The van der Waals surface area contributed by atoms with Crippen LogP contribution in [0, 0.1) is 6.92 Å². The molecule has 28 heavy (non-hydrogen) atoms. The summed E-state index contributed by atoms with van der Waals surface area (Å²) in [4.78, 5) is 24.1. The minimum atomic E-state index is -0.455. The second-order valence-corrected chi connectivity index (χ2v) is 6.13. The minimum absolute atomic E-state index is 0.207. The Morgan fingerprint density at radius 3 is 2.39 bits per heavy atom. The van der Waals surface area contributed by atoms with Gasteiger partial charge in [-0.3, -0.25) is 4.79 Å². The number of carbonyl (C=O) groups excluding carboxylic acids is 2. The van der Waals surface area contributed by atoms with E-state index < -0.39 is 5.97 Å². The van der Waals surface area contributed by atoms with Gasteiger partial charge in [-0.15, -0.1) is 10.2 Å². The molecule has 3 rings (SSSR count). The first-order valence-corrected chi connectivity index (χ1v) is 8.68. The summed E-state index contributed by atoms with van der Waals surface area (Å²) in [5, 5.41) is 13.8. The summed E-state index contributed by atoms with van der Waals surface area (Å²) in [5.74, 6) is -0.357. The Labute approximate surface area is 162 Å². The molecule has 0 saturated carbocycles. The van der Waals surface area contributed by atoms with Crippen LogP contribution in [0.5, 0.6) is 0 Å². The lowest BCUT2D eigenvalue weighted by Crippen LogP contribution is -2.24. The highest BCUT2D eigenvalue weighted by molar-refractivity contribution is 5.96. The third-order valence-electron chi connectivity index (χ3n) is 4.07. The van der Waals surface area contributed by atoms with E-state index in [1.54, 1.807) is 36.4 Å². The van der Waals surface area contributed by atoms with Gasteiger partial charge in [0.1, 0.15) is 0 Å². The smallest absolute Gasteiger partial charge is 0.339 e. The molecule has 0 bridgehead atoms. The monoisotopic (exact) mass is 376 g/mol. The third kappa shape index (κ3) is 4.70. The van der Waals surface area contributed by atoms with Gasteiger partial charge in [-0.2, -0.15) is 0 Å². The number of rotatable bonds is 6. The Hall–Kier alpha value is -3.74. The van der Waals surface area contributed by atoms with E-state index in [0.29, 0.717) is 23.6 Å². The molecule has 0 fully saturated rings. The number of nitrogens with zero attached hydrogens (tertiary/aromatic N) is 2. The molecule has 1 aromatic heterocycles. The quantitative estimate of drug-likeness (QED) is 0.642. The lowest BCUT2D eigenvalue weighted by molar-refractivity contribution is 0.0601. The summed E-state index contributed by atoms with van der Waals surface area (Å²) >= 11 is 0. The van der Waals surface area contributed by atoms with Crippen molar-refractivity contribution >= 4 is 23.4 Å². The van der Waals surface area contributed by atoms with E-state index in [1.807, 2.05) is 31.2 Å². The fourth-order valence-electron chi connectivity index (χ4n) is 2.52. The summed E-state index contributed by atoms with van der Waals surface area (Å²) < 4.78 is 4.77. The average molecular weight is 376 g/mol. The molecule has 2 aromatic carbocycles. The van der Waals surface area contributed by atoms with E-state index in [9.17, 15) is 9.59 Å². The van der Waals surface area contributed by atoms with Gasteiger partial charge >= 0.3 is 5.97 Å². The average Bonchev–Trinajstić information content (AvgIpc) is 2.73. The first-order valence-electron chi connectivity index (χ1n) is 8.68. The zero-order chi connectivity index (χ0) is 19.9. The van der Waals surface area contributed by atoms with Gasteiger partial charge in [0.25, 0.3) is 5.91 Å². The third-order valence-corrected chi connectivity index (χ3v) is 4.07. The lowest BCUT2D eigenvalue weighted by Gasteiger charge is -2.10. The van der Waals surface area contributed by atoms with Crippen LogP contribution in [0.1, 0.15) is 32.0 Å². The van der Waals surface area contributed by atoms with Crippen molar-refractivity contribution in [2.75, 3.05) is 12.4 Å². The van der Waals surface area contributed by atoms with E-state index in [2.05, 4.69) is 20.8 Å². The van der Waals surface area contributed by atoms with Crippen LogP contribution in [0.15, 0.2) is 60.7 Å². The topological polar surface area (TPSA) is 93.2 Å². The summed E-state index contributed by atoms with van der Waals surface area (Å²) in [6, 6.07) is 18.0. The maximum Gasteiger partial charge on any atom is 0.339 e. The van der Waals surface area contributed by atoms with Crippen molar-refractivity contribution in [3.05, 3.63) is 83.0 Å². The number of amides is 1. The van der Waals surface area contributed by atoms with Gasteiger partial charge in [0.15, 0.2) is 11.5 Å². The number of aromatic nitrogens is 2. The molecule has 2 N–H and O–H groups in total. The summed E-state index contributed by atoms with van der Waals surface area (Å²) in [6.45, 7) is 2.42. The van der Waals surface area contributed by atoms with Gasteiger partial charge in [-0.1, -0.05) is 42.0 Å². The van der Waals surface area contributed by atoms with Crippen molar-refractivity contribution in [2.24, 2.45) is 0 Å². The molecule has 0 unspecified atom stereocenters. The van der Waals surface area contributed by atoms with E-state index in [4.69, 9.17) is 4.74 Å². The first kappa shape index (κ1) is 19.0. The summed E-state index contributed by atoms with van der Waals surface area (Å²) in [6.07, 6.45) is 0. The van der Waals surface area contributed by atoms with Gasteiger partial charge in [-0.25, -0.2) is 4.79 Å². The molecular weight excluding hydrogens is 356 g/mol. The molecule has 3 aromatic rings. The number of carbonyl (C=O) groups is 2. The van der Waals surface area contributed by atoms with E-state index >= 15 is 0 Å². The zero-order valence-electron chi connectivity index (χ0n) is 15.6. The molecule has 7 nitrogen and oxygen atoms in total. The Balaban J connectivity index is 1.64. The van der Waals surface area contributed by atoms with Crippen molar-refractivity contribution < 1.29 is 14.3 Å². The maximum absolute atomic E-state index is 12.2. The number of ether oxygens (including phenoxy) is 1. The molecule has 7 heteroatoms. The highest BCUT2D eigenvalue weighted by Crippen LogP contribution is 2.20. The van der Waals surface area contributed by atoms with E-state index in [1.165, 1.54) is 7.11 Å². The SMILES string of the molecule is COC(=O)c1ccccc1Nc1ccc(C(=O)NCc2ccc(C)cc2)nn1. The Kier molecular flexibility index (Phi) is 5.96. The minimum Gasteiger partial charge on any atom is -0.465 e. The van der Waals surface area contributed by atoms with Crippen LogP contribution >= 0.6 is 0 Å². The first-order chi connectivity index (χ1) is 13.6. The zero-order valence-corrected chi connectivity index (χ0v) is 15.6. The highest BCUT2D eigenvalue weighted by Gasteiger charge is 2.12. The number of para-hydroxylation sites is 1. The Morgan fingerprint density at radius 1 is 0.964 bits per heavy atom. The number of methoxy groups -OCH3 is 1. The number of benzene rings is 2. The second kappa shape index (κ2) is 8.77. The Morgan fingerprint density at radius 2 is 1.71 bits per heavy atom. The fourth-order valence-corrected chi connectivity index (χ4v) is 2.52. The summed E-state index contributed by atoms with van der Waals surface area (Å²) in [7, 11) is 1.32. The maximum atomic E-state index is 12.2. The number of aryl methyl sites for hydroxylation is 1. The number of nitrogens with one attached hydrogen (secondary N) is 2. The van der Waals surface area contributed by atoms with Crippen LogP contribution < -0.4 is 10.6 Å². The van der Waals surface area contributed by atoms with Crippen molar-refractivity contribution in [1.29, 1.82) is 0 Å². The molecule has 1 amide bonds. The standard InChI is InChI=1S/C21H20N4O3/c1-14-7-9-15(10-8-14)13-22-20(26)18-11-12-19(25-24-18)23-17-6-4-3-5-16(17)21(27)28-2/h3-12H,13H2,1-2H3,(H,22,26)(H,23,25). The van der Waals surface area contributed by atoms with Gasteiger partial charge in [0, 0.05) is 6.54 Å². The van der Waals surface area contributed by atoms with E-state index in [0.717, 1.165) is 11.1 Å². The van der Waals surface area contributed by atoms with Crippen molar-refractivity contribution in [3.8, 4) is 0 Å². The van der Waals surface area contributed by atoms with Gasteiger partial charge in [0.05, 0.1) is 18.4 Å². The molecule has 0 aliphatic carbocycles. The number of hydrogen-bond donors (Lipinski definition) is 2. The van der Waals surface area contributed by atoms with Crippen LogP contribution in [0.25, 0.3) is 0 Å². The fraction of sp³-hybridized carbons (Fsp3) is 0.143. The van der Waals surface area contributed by atoms with E-state index in [-0.39, 0.29) is 11.6 Å². The van der Waals surface area contributed by atoms with Crippen LogP contribution in [0.2, 0.25) is 0 Å². The van der Waals surface area contributed by atoms with Crippen LogP contribution in [-0.2, 0) is 11.3 Å². The number of hydrogen-bond acceptors (Lipinski definition) is 6. The van der Waals surface area contributed by atoms with Crippen molar-refractivity contribution in [2.45, 2.75) is 13.5 Å². The second-order valence-electron chi connectivity index (χ2n) is 6.13. The summed E-state index contributed by atoms with van der Waals surface area (Å²) in [5.41, 5.74) is 3.30. The number of anilines is 2. The van der Waals surface area contributed by atoms with Crippen molar-refractivity contribution in [3.63, 3.8) is 0 Å². The van der Waals surface area contributed by atoms with Gasteiger partial charge < -0.3 is 15.4 Å². The Bertz CT molecular complexity index is 970. The van der Waals surface area contributed by atoms with Crippen LogP contribution in [0.3, 0.4) is 0 Å². The normalized spacial score (nSPS) is 10.2. The lowest BCUT2D eigenvalue weighted by atomic mass is 10.1. The molecule has 0 aliphatic heterocycles. The van der Waals surface area contributed by atoms with Gasteiger partial charge in [-0.05, 0) is 36.8 Å². The molecule has 1 heterocycles. The highest BCUT2D eigenvalue weighted by atomic mass is 16.5. The predicted octanol–water partition coefficient (Wildman–Crippen LogP) is 3.25. The molecule has 0 atom stereocenters.